The fraction of sp³-hybridized carbons (Fsp3) is 0.167. The van der Waals surface area contributed by atoms with E-state index < -0.39 is 0 Å². The second kappa shape index (κ2) is 5.87. The number of benzene rings is 1. The Hall–Kier alpha value is -0.550. The number of halogens is 2. The predicted octanol–water partition coefficient (Wildman–Crippen LogP) is 4.16. The average molecular weight is 333 g/mol. The highest BCUT2D eigenvalue weighted by molar-refractivity contribution is 9.10. The summed E-state index contributed by atoms with van der Waals surface area (Å²) in [6, 6.07) is 9.51. The number of aromatic hydroxyl groups is 1. The van der Waals surface area contributed by atoms with Crippen molar-refractivity contribution in [2.45, 2.75) is 13.1 Å². The van der Waals surface area contributed by atoms with Gasteiger partial charge in [0.1, 0.15) is 5.75 Å². The average Bonchev–Trinajstić information content (AvgIpc) is 2.70. The van der Waals surface area contributed by atoms with Gasteiger partial charge < -0.3 is 10.4 Å². The third kappa shape index (κ3) is 3.45. The molecular formula is C12H11BrClNOS. The van der Waals surface area contributed by atoms with Crippen LogP contribution in [0.2, 0.25) is 4.34 Å². The van der Waals surface area contributed by atoms with E-state index in [1.165, 1.54) is 4.88 Å². The van der Waals surface area contributed by atoms with Crippen LogP contribution in [0.4, 0.5) is 0 Å². The molecule has 2 nitrogen and oxygen atoms in total. The van der Waals surface area contributed by atoms with Crippen molar-refractivity contribution in [3.05, 3.63) is 49.6 Å². The summed E-state index contributed by atoms with van der Waals surface area (Å²) in [5.74, 6) is 0.296. The molecule has 1 aromatic carbocycles. The maximum atomic E-state index is 9.79. The molecule has 0 fully saturated rings. The summed E-state index contributed by atoms with van der Waals surface area (Å²) in [6.07, 6.45) is 0. The molecule has 0 radical (unpaired) electrons. The summed E-state index contributed by atoms with van der Waals surface area (Å²) in [7, 11) is 0. The van der Waals surface area contributed by atoms with E-state index >= 15 is 0 Å². The van der Waals surface area contributed by atoms with E-state index in [9.17, 15) is 5.11 Å². The topological polar surface area (TPSA) is 32.3 Å². The lowest BCUT2D eigenvalue weighted by Gasteiger charge is -2.07. The zero-order chi connectivity index (χ0) is 12.3. The summed E-state index contributed by atoms with van der Waals surface area (Å²) in [6.45, 7) is 1.38. The van der Waals surface area contributed by atoms with Crippen molar-refractivity contribution in [1.82, 2.24) is 5.32 Å². The van der Waals surface area contributed by atoms with Gasteiger partial charge in [-0.3, -0.25) is 0 Å². The highest BCUT2D eigenvalue weighted by Crippen LogP contribution is 2.27. The van der Waals surface area contributed by atoms with Crippen molar-refractivity contribution < 1.29 is 5.11 Å². The van der Waals surface area contributed by atoms with E-state index in [0.717, 1.165) is 20.9 Å². The SMILES string of the molecule is Oc1c(Br)cccc1CNCc1ccc(Cl)s1. The maximum Gasteiger partial charge on any atom is 0.134 e. The Bertz CT molecular complexity index is 515. The van der Waals surface area contributed by atoms with Crippen LogP contribution >= 0.6 is 38.9 Å². The number of nitrogens with one attached hydrogen (secondary N) is 1. The van der Waals surface area contributed by atoms with Crippen LogP contribution in [0, 0.1) is 0 Å². The van der Waals surface area contributed by atoms with E-state index in [0.29, 0.717) is 12.3 Å². The fourth-order valence-electron chi connectivity index (χ4n) is 1.47. The van der Waals surface area contributed by atoms with E-state index in [2.05, 4.69) is 21.2 Å². The van der Waals surface area contributed by atoms with Gasteiger partial charge in [-0.1, -0.05) is 23.7 Å². The van der Waals surface area contributed by atoms with Gasteiger partial charge >= 0.3 is 0 Å². The molecule has 90 valence electrons. The molecule has 2 aromatic rings. The minimum atomic E-state index is 0.296. The lowest BCUT2D eigenvalue weighted by molar-refractivity contribution is 0.461. The Morgan fingerprint density at radius 1 is 1.24 bits per heavy atom. The molecule has 0 saturated carbocycles. The first kappa shape index (κ1) is 12.9. The van der Waals surface area contributed by atoms with Crippen molar-refractivity contribution in [2.24, 2.45) is 0 Å². The van der Waals surface area contributed by atoms with Crippen LogP contribution in [-0.2, 0) is 13.1 Å². The summed E-state index contributed by atoms with van der Waals surface area (Å²) in [4.78, 5) is 1.18. The second-order valence-corrected chi connectivity index (χ2v) is 6.21. The van der Waals surface area contributed by atoms with Crippen molar-refractivity contribution in [1.29, 1.82) is 0 Å². The third-order valence-corrected chi connectivity index (χ3v) is 4.18. The minimum Gasteiger partial charge on any atom is -0.506 e. The van der Waals surface area contributed by atoms with Crippen LogP contribution in [0.1, 0.15) is 10.4 Å². The normalized spacial score (nSPS) is 10.7. The Kier molecular flexibility index (Phi) is 4.45. The summed E-state index contributed by atoms with van der Waals surface area (Å²) in [5.41, 5.74) is 0.877. The molecule has 0 amide bonds. The molecule has 0 bridgehead atoms. The second-order valence-electron chi connectivity index (χ2n) is 3.56. The van der Waals surface area contributed by atoms with E-state index in [1.54, 1.807) is 11.3 Å². The standard InChI is InChI=1S/C12H11BrClNOS/c13-10-3-1-2-8(12(10)16)6-15-7-9-4-5-11(14)17-9/h1-5,15-16H,6-7H2. The van der Waals surface area contributed by atoms with Crippen molar-refractivity contribution in [3.63, 3.8) is 0 Å². The first-order chi connectivity index (χ1) is 8.16. The molecule has 0 aliphatic carbocycles. The zero-order valence-corrected chi connectivity index (χ0v) is 12.1. The Labute approximate surface area is 117 Å². The lowest BCUT2D eigenvalue weighted by Crippen LogP contribution is -2.11. The van der Waals surface area contributed by atoms with Gasteiger partial charge in [0.25, 0.3) is 0 Å². The van der Waals surface area contributed by atoms with E-state index in [1.807, 2.05) is 30.3 Å². The quantitative estimate of drug-likeness (QED) is 0.881. The number of hydrogen-bond acceptors (Lipinski definition) is 3. The van der Waals surface area contributed by atoms with Gasteiger partial charge in [-0.2, -0.15) is 0 Å². The number of hydrogen-bond donors (Lipinski definition) is 2. The molecule has 5 heteroatoms. The number of rotatable bonds is 4. The van der Waals surface area contributed by atoms with E-state index in [-0.39, 0.29) is 0 Å². The molecule has 0 atom stereocenters. The molecule has 0 spiro atoms. The summed E-state index contributed by atoms with van der Waals surface area (Å²) < 4.78 is 1.52. The van der Waals surface area contributed by atoms with Crippen molar-refractivity contribution in [2.75, 3.05) is 0 Å². The van der Waals surface area contributed by atoms with Crippen LogP contribution in [0.3, 0.4) is 0 Å². The smallest absolute Gasteiger partial charge is 0.134 e. The van der Waals surface area contributed by atoms with Crippen LogP contribution in [0.5, 0.6) is 5.75 Å². The van der Waals surface area contributed by atoms with Gasteiger partial charge in [-0.05, 0) is 34.1 Å². The molecule has 2 N–H and O–H groups in total. The Morgan fingerprint density at radius 3 is 2.76 bits per heavy atom. The van der Waals surface area contributed by atoms with Crippen molar-refractivity contribution >= 4 is 38.9 Å². The Morgan fingerprint density at radius 2 is 2.06 bits per heavy atom. The van der Waals surface area contributed by atoms with Crippen LogP contribution in [0.15, 0.2) is 34.8 Å². The Balaban J connectivity index is 1.92. The third-order valence-electron chi connectivity index (χ3n) is 2.31. The molecular weight excluding hydrogens is 322 g/mol. The van der Waals surface area contributed by atoms with E-state index in [4.69, 9.17) is 11.6 Å². The molecule has 2 rings (SSSR count). The maximum absolute atomic E-state index is 9.79. The minimum absolute atomic E-state index is 0.296. The van der Waals surface area contributed by atoms with Crippen LogP contribution in [0.25, 0.3) is 0 Å². The number of para-hydroxylation sites is 1. The van der Waals surface area contributed by atoms with Gasteiger partial charge in [0.05, 0.1) is 8.81 Å². The molecule has 0 aliphatic rings. The number of thiophene rings is 1. The lowest BCUT2D eigenvalue weighted by atomic mass is 10.2. The molecule has 0 aliphatic heterocycles. The fourth-order valence-corrected chi connectivity index (χ4v) is 2.93. The first-order valence-corrected chi connectivity index (χ1v) is 7.07. The highest BCUT2D eigenvalue weighted by atomic mass is 79.9. The molecule has 1 heterocycles. The number of phenols is 1. The summed E-state index contributed by atoms with van der Waals surface area (Å²) >= 11 is 10.7. The molecule has 1 aromatic heterocycles. The van der Waals surface area contributed by atoms with Gasteiger partial charge in [0.15, 0.2) is 0 Å². The predicted molar refractivity (Wildman–Crippen MR) is 75.7 cm³/mol. The summed E-state index contributed by atoms with van der Waals surface area (Å²) in [5, 5.41) is 13.1. The van der Waals surface area contributed by atoms with Gasteiger partial charge in [-0.15, -0.1) is 11.3 Å². The van der Waals surface area contributed by atoms with Crippen molar-refractivity contribution in [3.8, 4) is 5.75 Å². The highest BCUT2D eigenvalue weighted by Gasteiger charge is 2.04. The monoisotopic (exact) mass is 331 g/mol. The first-order valence-electron chi connectivity index (χ1n) is 5.08. The molecule has 0 saturated heterocycles. The number of phenolic OH excluding ortho intramolecular Hbond substituents is 1. The van der Waals surface area contributed by atoms with Crippen LogP contribution < -0.4 is 5.32 Å². The van der Waals surface area contributed by atoms with Crippen LogP contribution in [-0.4, -0.2) is 5.11 Å². The van der Waals surface area contributed by atoms with Gasteiger partial charge in [0.2, 0.25) is 0 Å². The molecule has 0 unspecified atom stereocenters. The van der Waals surface area contributed by atoms with Gasteiger partial charge in [-0.25, -0.2) is 0 Å². The molecule has 17 heavy (non-hydrogen) atoms. The largest absolute Gasteiger partial charge is 0.506 e. The zero-order valence-electron chi connectivity index (χ0n) is 8.91. The van der Waals surface area contributed by atoms with Gasteiger partial charge in [0, 0.05) is 23.5 Å².